The van der Waals surface area contributed by atoms with Gasteiger partial charge in [-0.1, -0.05) is 0 Å². The largest absolute Gasteiger partial charge is 0.457 e. The normalized spacial score (nSPS) is 12.8. The molecule has 2 N–H and O–H groups in total. The maximum absolute atomic E-state index is 12.7. The first-order valence-corrected chi connectivity index (χ1v) is 9.06. The fraction of sp³-hybridized carbons (Fsp3) is 0.136. The van der Waals surface area contributed by atoms with Crippen LogP contribution >= 0.6 is 0 Å². The van der Waals surface area contributed by atoms with E-state index >= 15 is 0 Å². The minimum Gasteiger partial charge on any atom is -0.457 e. The molecule has 0 saturated carbocycles. The van der Waals surface area contributed by atoms with E-state index in [4.69, 9.17) is 4.74 Å². The number of pyridine rings is 1. The number of hydrogen-bond donors (Lipinski definition) is 2. The maximum Gasteiger partial charge on any atom is 0.416 e. The summed E-state index contributed by atoms with van der Waals surface area (Å²) in [4.78, 5) is 4.13. The number of rotatable bonds is 5. The molecule has 2 aromatic heterocycles. The van der Waals surface area contributed by atoms with Gasteiger partial charge >= 0.3 is 6.18 Å². The number of ether oxygens (including phenoxy) is 1. The van der Waals surface area contributed by atoms with Crippen LogP contribution in [0.5, 0.6) is 11.5 Å². The lowest BCUT2D eigenvalue weighted by molar-refractivity contribution is -0.137. The van der Waals surface area contributed by atoms with Gasteiger partial charge in [0.15, 0.2) is 0 Å². The van der Waals surface area contributed by atoms with Gasteiger partial charge in [-0.25, -0.2) is 0 Å². The second kappa shape index (κ2) is 7.81. The summed E-state index contributed by atoms with van der Waals surface area (Å²) in [5, 5.41) is 20.2. The molecule has 4 aromatic rings. The predicted molar refractivity (Wildman–Crippen MR) is 105 cm³/mol. The lowest BCUT2D eigenvalue weighted by Crippen LogP contribution is -2.03. The van der Waals surface area contributed by atoms with Crippen molar-refractivity contribution in [1.82, 2.24) is 9.55 Å². The Morgan fingerprint density at radius 2 is 1.60 bits per heavy atom. The van der Waals surface area contributed by atoms with Crippen LogP contribution in [0.2, 0.25) is 0 Å². The monoisotopic (exact) mass is 414 g/mol. The summed E-state index contributed by atoms with van der Waals surface area (Å²) < 4.78 is 45.4. The van der Waals surface area contributed by atoms with Crippen LogP contribution in [-0.2, 0) is 6.18 Å². The second-order valence-corrected chi connectivity index (χ2v) is 6.66. The Bertz CT molecular complexity index is 1150. The van der Waals surface area contributed by atoms with Crippen LogP contribution in [-0.4, -0.2) is 26.4 Å². The Morgan fingerprint density at radius 3 is 2.20 bits per heavy atom. The van der Waals surface area contributed by atoms with E-state index in [1.165, 1.54) is 12.1 Å². The zero-order chi connectivity index (χ0) is 21.3. The molecule has 0 aliphatic heterocycles. The fourth-order valence-electron chi connectivity index (χ4n) is 3.20. The first-order chi connectivity index (χ1) is 14.4. The zero-order valence-electron chi connectivity index (χ0n) is 15.5. The standard InChI is InChI=1S/C22H17F3N2O3/c23-22(24,25)14-1-5-16(6-2-14)30-17-7-3-15(4-8-17)27-12-19(21(29)13-28)18-9-10-26-11-20(18)27/h1-12,21,28-29H,13H2/t21-/m0/s1. The lowest BCUT2D eigenvalue weighted by Gasteiger charge is -2.10. The minimum absolute atomic E-state index is 0.291. The van der Waals surface area contributed by atoms with E-state index in [0.717, 1.165) is 28.7 Å². The van der Waals surface area contributed by atoms with Crippen LogP contribution in [0.1, 0.15) is 17.2 Å². The van der Waals surface area contributed by atoms with E-state index < -0.39 is 24.5 Å². The van der Waals surface area contributed by atoms with Gasteiger partial charge < -0.3 is 19.5 Å². The number of aliphatic hydroxyl groups is 2. The van der Waals surface area contributed by atoms with Crippen LogP contribution in [0.15, 0.2) is 73.2 Å². The topological polar surface area (TPSA) is 67.5 Å². The molecular formula is C22H17F3N2O3. The smallest absolute Gasteiger partial charge is 0.416 e. The van der Waals surface area contributed by atoms with Gasteiger partial charge in [-0.15, -0.1) is 0 Å². The molecule has 0 aliphatic carbocycles. The van der Waals surface area contributed by atoms with Crippen LogP contribution in [0.25, 0.3) is 16.6 Å². The van der Waals surface area contributed by atoms with E-state index in [0.29, 0.717) is 17.1 Å². The summed E-state index contributed by atoms with van der Waals surface area (Å²) in [7, 11) is 0. The van der Waals surface area contributed by atoms with E-state index in [1.54, 1.807) is 48.9 Å². The molecular weight excluding hydrogens is 397 g/mol. The van der Waals surface area contributed by atoms with Crippen LogP contribution in [0, 0.1) is 0 Å². The first-order valence-electron chi connectivity index (χ1n) is 9.06. The number of fused-ring (bicyclic) bond motifs is 1. The Balaban J connectivity index is 1.60. The van der Waals surface area contributed by atoms with Crippen molar-refractivity contribution in [3.05, 3.63) is 84.3 Å². The number of benzene rings is 2. The number of aromatic nitrogens is 2. The van der Waals surface area contributed by atoms with Crippen LogP contribution in [0.3, 0.4) is 0 Å². The third kappa shape index (κ3) is 3.87. The molecule has 8 heteroatoms. The van der Waals surface area contributed by atoms with Gasteiger partial charge in [0.25, 0.3) is 0 Å². The Labute approximate surface area is 169 Å². The van der Waals surface area contributed by atoms with Crippen molar-refractivity contribution >= 4 is 10.9 Å². The van der Waals surface area contributed by atoms with Crippen LogP contribution < -0.4 is 4.74 Å². The third-order valence-corrected chi connectivity index (χ3v) is 4.70. The third-order valence-electron chi connectivity index (χ3n) is 4.70. The van der Waals surface area contributed by atoms with Gasteiger partial charge in [-0.3, -0.25) is 4.98 Å². The molecule has 0 saturated heterocycles. The summed E-state index contributed by atoms with van der Waals surface area (Å²) >= 11 is 0. The van der Waals surface area contributed by atoms with E-state index in [9.17, 15) is 23.4 Å². The molecule has 0 spiro atoms. The molecule has 0 fully saturated rings. The van der Waals surface area contributed by atoms with E-state index in [2.05, 4.69) is 4.98 Å². The number of halogens is 3. The average molecular weight is 414 g/mol. The number of alkyl halides is 3. The van der Waals surface area contributed by atoms with Crippen molar-refractivity contribution in [2.24, 2.45) is 0 Å². The Hall–Kier alpha value is -3.36. The molecule has 0 amide bonds. The maximum atomic E-state index is 12.7. The minimum atomic E-state index is -4.39. The van der Waals surface area contributed by atoms with Gasteiger partial charge in [-0.2, -0.15) is 13.2 Å². The molecule has 5 nitrogen and oxygen atoms in total. The first kappa shape index (κ1) is 19.9. The number of nitrogens with zero attached hydrogens (tertiary/aromatic N) is 2. The predicted octanol–water partition coefficient (Wildman–Crippen LogP) is 4.86. The van der Waals surface area contributed by atoms with Crippen molar-refractivity contribution in [1.29, 1.82) is 0 Å². The summed E-state index contributed by atoms with van der Waals surface area (Å²) in [6.07, 6.45) is -0.397. The van der Waals surface area contributed by atoms with E-state index in [1.807, 2.05) is 4.57 Å². The zero-order valence-corrected chi connectivity index (χ0v) is 15.5. The summed E-state index contributed by atoms with van der Waals surface area (Å²) in [6, 6.07) is 13.2. The highest BCUT2D eigenvalue weighted by Crippen LogP contribution is 2.32. The molecule has 0 radical (unpaired) electrons. The molecule has 154 valence electrons. The fourth-order valence-corrected chi connectivity index (χ4v) is 3.20. The molecule has 1 atom stereocenters. The van der Waals surface area contributed by atoms with Gasteiger partial charge in [0.05, 0.1) is 23.9 Å². The molecule has 30 heavy (non-hydrogen) atoms. The van der Waals surface area contributed by atoms with Crippen molar-refractivity contribution < 1.29 is 28.1 Å². The van der Waals surface area contributed by atoms with E-state index in [-0.39, 0.29) is 0 Å². The summed E-state index contributed by atoms with van der Waals surface area (Å²) in [5.74, 6) is 0.753. The molecule has 2 heterocycles. The Kier molecular flexibility index (Phi) is 5.19. The van der Waals surface area contributed by atoms with Gasteiger partial charge in [0, 0.05) is 29.0 Å². The average Bonchev–Trinajstić information content (AvgIpc) is 3.13. The summed E-state index contributed by atoms with van der Waals surface area (Å²) in [5.41, 5.74) is 1.37. The van der Waals surface area contributed by atoms with Crippen molar-refractivity contribution in [2.45, 2.75) is 12.3 Å². The molecule has 0 aliphatic rings. The van der Waals surface area contributed by atoms with Gasteiger partial charge in [-0.05, 0) is 54.6 Å². The van der Waals surface area contributed by atoms with Crippen molar-refractivity contribution in [3.8, 4) is 17.2 Å². The summed E-state index contributed by atoms with van der Waals surface area (Å²) in [6.45, 7) is -0.401. The highest BCUT2D eigenvalue weighted by atomic mass is 19.4. The highest BCUT2D eigenvalue weighted by molar-refractivity contribution is 5.85. The molecule has 2 aromatic carbocycles. The van der Waals surface area contributed by atoms with Crippen molar-refractivity contribution in [2.75, 3.05) is 6.61 Å². The number of hydrogen-bond acceptors (Lipinski definition) is 4. The SMILES string of the molecule is OC[C@H](O)c1cn(-c2ccc(Oc3ccc(C(F)(F)F)cc3)cc2)c2cnccc12. The quantitative estimate of drug-likeness (QED) is 0.489. The molecule has 0 bridgehead atoms. The van der Waals surface area contributed by atoms with Crippen molar-refractivity contribution in [3.63, 3.8) is 0 Å². The number of aliphatic hydroxyl groups excluding tert-OH is 2. The lowest BCUT2D eigenvalue weighted by atomic mass is 10.1. The molecule has 0 unspecified atom stereocenters. The van der Waals surface area contributed by atoms with Gasteiger partial charge in [0.1, 0.15) is 17.6 Å². The molecule has 4 rings (SSSR count). The second-order valence-electron chi connectivity index (χ2n) is 6.66. The van der Waals surface area contributed by atoms with Crippen LogP contribution in [0.4, 0.5) is 13.2 Å². The highest BCUT2D eigenvalue weighted by Gasteiger charge is 2.30. The van der Waals surface area contributed by atoms with Gasteiger partial charge in [0.2, 0.25) is 0 Å². The Morgan fingerprint density at radius 1 is 0.967 bits per heavy atom.